The van der Waals surface area contributed by atoms with Crippen molar-refractivity contribution in [2.45, 2.75) is 147 Å². The van der Waals surface area contributed by atoms with Gasteiger partial charge in [0.25, 0.3) is 31.7 Å². The fourth-order valence-corrected chi connectivity index (χ4v) is 16.2. The van der Waals surface area contributed by atoms with Crippen LogP contribution in [0.1, 0.15) is 178 Å². The Hall–Kier alpha value is -11.3. The first-order valence-corrected chi connectivity index (χ1v) is 41.4. The molecule has 114 heavy (non-hydrogen) atoms. The first-order chi connectivity index (χ1) is 53.8. The lowest BCUT2D eigenvalue weighted by molar-refractivity contribution is -0.142. The Labute approximate surface area is 658 Å². The molecule has 2 aliphatic heterocycles. The van der Waals surface area contributed by atoms with Gasteiger partial charge < -0.3 is 73.2 Å². The van der Waals surface area contributed by atoms with Crippen molar-refractivity contribution in [3.63, 3.8) is 0 Å². The number of carbonyl (C=O) groups excluding carboxylic acids is 10. The molecule has 0 radical (unpaired) electrons. The van der Waals surface area contributed by atoms with Gasteiger partial charge in [-0.05, 0) is 93.6 Å². The maximum absolute atomic E-state index is 14.7. The number of methoxy groups -OCH3 is 1. The van der Waals surface area contributed by atoms with Crippen molar-refractivity contribution in [2.24, 2.45) is 0 Å². The summed E-state index contributed by atoms with van der Waals surface area (Å²) in [5.41, 5.74) is 11.9. The average Bonchev–Trinajstić information content (AvgIpc) is 1.56. The molecule has 9 rings (SSSR count). The third kappa shape index (κ3) is 21.9. The van der Waals surface area contributed by atoms with Crippen molar-refractivity contribution < 1.29 is 98.4 Å². The molecule has 7 amide bonds. The highest BCUT2D eigenvalue weighted by Crippen LogP contribution is 2.48. The van der Waals surface area contributed by atoms with Crippen LogP contribution in [0.3, 0.4) is 0 Å². The highest BCUT2D eigenvalue weighted by Gasteiger charge is 2.46. The Morgan fingerprint density at radius 1 is 0.658 bits per heavy atom. The molecule has 0 spiro atoms. The number of aliphatic carboxylic acids is 2. The fourth-order valence-electron chi connectivity index (χ4n) is 13.4. The normalized spacial score (nSPS) is 16.8. The number of carboxylic acid groups (broad SMARTS) is 2. The Morgan fingerprint density at radius 2 is 1.25 bits per heavy atom. The van der Waals surface area contributed by atoms with Gasteiger partial charge in [-0.15, -0.1) is 0 Å². The van der Waals surface area contributed by atoms with Crippen LogP contribution in [0.4, 0.5) is 11.6 Å². The standard InChI is InChI=1S/C71H85N17O22S4/c1-8-39-31(2)42-25-47-55(35(6)89)33(4)44(80-47)23-43-32(3)40(59(83-43)57-58(70(103)110-7)62(94)56-34(5)45(84-60(56)57)24-46(39)79-42)13-15-51(90)81-48(26-53(92)73-18-21-113(104,105)106)65(96)75-17-20-111-112-30-50(69(101)102)86-66(97)49(27-54(93)74-19-22-114(107,108)109)82-52(91)16-14-41(68(99)100)85-64(95)36-9-11-37(12-10-36)76-28-38-29-77-63-61(78-38)67(98)88-71(72)87-63/h9-12,23-25,29,31-32,39-41,48-50,58,76,80,84H,8,13-22,26-28,30H2,1-7H3,(H,73,92)(H,74,93)(H,75,96)(H,81,90)(H,82,91)(H,85,95)(H,86,97)(H,99,100)(H,101,102)(H,104,105,106)(H,107,108,109)(H3,72,77,87,88,98)/t31-,32+,39-,40+,41+,48?,49+,50+,58?/m1/s1. The number of carboxylic acids is 2. The molecule has 610 valence electrons. The maximum Gasteiger partial charge on any atom is 0.327 e. The number of aromatic amines is 3. The Kier molecular flexibility index (Phi) is 28.6. The minimum atomic E-state index is -4.59. The van der Waals surface area contributed by atoms with Crippen molar-refractivity contribution in [3.8, 4) is 0 Å². The van der Waals surface area contributed by atoms with Gasteiger partial charge in [0.2, 0.25) is 41.4 Å². The lowest BCUT2D eigenvalue weighted by atomic mass is 9.83. The molecule has 1 aromatic carbocycles. The molecule has 9 atom stereocenters. The Balaban J connectivity index is 0.842. The van der Waals surface area contributed by atoms with E-state index in [2.05, 4.69) is 79.4 Å². The van der Waals surface area contributed by atoms with Crippen molar-refractivity contribution in [2.75, 3.05) is 60.8 Å². The summed E-state index contributed by atoms with van der Waals surface area (Å²) in [5, 5.41) is 39.6. The number of hydrogen-bond acceptors (Lipinski definition) is 27. The smallest absolute Gasteiger partial charge is 0.327 e. The summed E-state index contributed by atoms with van der Waals surface area (Å²) >= 11 is 0. The van der Waals surface area contributed by atoms with Crippen LogP contribution >= 0.6 is 21.6 Å². The third-order valence-corrected chi connectivity index (χ3v) is 23.2. The van der Waals surface area contributed by atoms with Crippen molar-refractivity contribution in [1.29, 1.82) is 0 Å². The minimum Gasteiger partial charge on any atom is -0.480 e. The molecule has 39 nitrogen and oxygen atoms in total. The molecule has 5 aromatic heterocycles. The molecule has 43 heteroatoms. The number of nitrogens with one attached hydrogen (secondary N) is 11. The first kappa shape index (κ1) is 86.7. The quantitative estimate of drug-likeness (QED) is 0.00664. The number of benzene rings is 1. The van der Waals surface area contributed by atoms with Crippen LogP contribution in [-0.2, 0) is 74.7 Å². The van der Waals surface area contributed by atoms with E-state index in [1.807, 2.05) is 26.0 Å². The van der Waals surface area contributed by atoms with E-state index >= 15 is 0 Å². The SMILES string of the molecule is CC[C@H]1c2cc3[nH]c4c(c3C)C(=O)C(C(=O)OC)c4c3nc(cc4[nH]c(cc(n2)[C@@H]1C)c(C(C)=O)c4C)[C@@H](C)[C@@H]3CCC(=O)NC(CC(=O)NCCS(=O)(=O)O)C(=O)NCCSSC[C@H](NC(=O)[C@H](CC(=O)NCCS(=O)(=O)O)NC(=O)CC[C@H](NC(=O)c1ccc(NCc2cnc3nc(N)[nH]c(=O)c3n2)cc1)C(=O)O)C(=O)O. The molecule has 7 heterocycles. The first-order valence-electron chi connectivity index (χ1n) is 35.7. The molecule has 8 bridgehead atoms. The molecule has 0 fully saturated rings. The van der Waals surface area contributed by atoms with Gasteiger partial charge in [-0.1, -0.05) is 42.4 Å². The number of aromatic nitrogens is 8. The number of rotatable bonds is 37. The van der Waals surface area contributed by atoms with E-state index < -0.39 is 189 Å². The number of fused-ring (bicyclic) bond motifs is 9. The third-order valence-electron chi connectivity index (χ3n) is 19.4. The van der Waals surface area contributed by atoms with E-state index in [9.17, 15) is 98.5 Å². The zero-order chi connectivity index (χ0) is 83.4. The van der Waals surface area contributed by atoms with Crippen LogP contribution in [0.15, 0.2) is 53.5 Å². The van der Waals surface area contributed by atoms with Gasteiger partial charge in [-0.2, -0.15) is 21.8 Å². The van der Waals surface area contributed by atoms with Crippen LogP contribution in [0.2, 0.25) is 0 Å². The molecule has 17 N–H and O–H groups in total. The summed E-state index contributed by atoms with van der Waals surface area (Å²) in [5.74, 6) is -17.0. The number of nitrogens with zero attached hydrogens (tertiary/aromatic N) is 5. The highest BCUT2D eigenvalue weighted by molar-refractivity contribution is 8.76. The van der Waals surface area contributed by atoms with Crippen LogP contribution in [-0.4, -0.2) is 221 Å². The average molecular weight is 1660 g/mol. The molecule has 1 aliphatic carbocycles. The van der Waals surface area contributed by atoms with Crippen LogP contribution in [0.5, 0.6) is 0 Å². The number of Topliss-reactive ketones (excluding diaryl/α,β-unsaturated/α-hetero) is 2. The molecular weight excluding hydrogens is 1570 g/mol. The molecule has 3 aliphatic rings. The summed E-state index contributed by atoms with van der Waals surface area (Å²) in [7, 11) is -6.17. The summed E-state index contributed by atoms with van der Waals surface area (Å²) in [6, 6.07) is 4.17. The second-order valence-electron chi connectivity index (χ2n) is 27.2. The van der Waals surface area contributed by atoms with Gasteiger partial charge in [0.1, 0.15) is 30.1 Å². The Bertz CT molecular complexity index is 5310. The summed E-state index contributed by atoms with van der Waals surface area (Å²) in [4.78, 5) is 206. The van der Waals surface area contributed by atoms with Gasteiger partial charge in [0.15, 0.2) is 22.7 Å². The lowest BCUT2D eigenvalue weighted by Gasteiger charge is -2.22. The van der Waals surface area contributed by atoms with E-state index in [0.717, 1.165) is 40.1 Å². The molecule has 0 saturated carbocycles. The van der Waals surface area contributed by atoms with Crippen molar-refractivity contribution in [1.82, 2.24) is 77.1 Å². The predicted molar refractivity (Wildman–Crippen MR) is 415 cm³/mol. The number of amides is 7. The maximum atomic E-state index is 14.7. The van der Waals surface area contributed by atoms with Gasteiger partial charge in [-0.3, -0.25) is 76.8 Å². The number of nitrogens with two attached hydrogens (primary N) is 1. The number of nitrogen functional groups attached to an aromatic ring is 1. The minimum absolute atomic E-state index is 0.00845. The molecular formula is C71H85N17O22S4. The summed E-state index contributed by atoms with van der Waals surface area (Å²) in [6.45, 7) is 9.53. The number of aryl methyl sites for hydroxylation is 2. The van der Waals surface area contributed by atoms with Gasteiger partial charge in [0.05, 0.1) is 66.6 Å². The zero-order valence-electron chi connectivity index (χ0n) is 62.5. The van der Waals surface area contributed by atoms with Gasteiger partial charge in [-0.25, -0.2) is 19.6 Å². The summed E-state index contributed by atoms with van der Waals surface area (Å²) in [6.07, 6.45) is -1.35. The predicted octanol–water partition coefficient (Wildman–Crippen LogP) is 2.26. The number of H-pyrrole nitrogens is 3. The largest absolute Gasteiger partial charge is 0.480 e. The van der Waals surface area contributed by atoms with Gasteiger partial charge >= 0.3 is 17.9 Å². The fraction of sp³-hybridized carbons (Fsp3) is 0.437. The number of ketones is 2. The second kappa shape index (κ2) is 37.6. The second-order valence-corrected chi connectivity index (χ2v) is 33.0. The molecule has 2 unspecified atom stereocenters. The number of carbonyl (C=O) groups is 12. The van der Waals surface area contributed by atoms with Crippen LogP contribution < -0.4 is 53.8 Å². The van der Waals surface area contributed by atoms with E-state index in [1.165, 1.54) is 37.4 Å². The highest BCUT2D eigenvalue weighted by atomic mass is 33.1. The zero-order valence-corrected chi connectivity index (χ0v) is 65.8. The van der Waals surface area contributed by atoms with Crippen LogP contribution in [0.25, 0.3) is 33.2 Å². The topological polar surface area (TPSA) is 614 Å². The van der Waals surface area contributed by atoms with E-state index in [4.69, 9.17) is 20.4 Å². The van der Waals surface area contributed by atoms with Crippen LogP contribution in [0, 0.1) is 13.8 Å². The number of anilines is 2. The number of hydrogen-bond donors (Lipinski definition) is 16. The van der Waals surface area contributed by atoms with Gasteiger partial charge in [0, 0.05) is 124 Å². The molecule has 6 aromatic rings. The Morgan fingerprint density at radius 3 is 1.87 bits per heavy atom. The van der Waals surface area contributed by atoms with Crippen molar-refractivity contribution >= 4 is 158 Å². The van der Waals surface area contributed by atoms with Crippen molar-refractivity contribution in [3.05, 3.63) is 121 Å². The number of esters is 1. The number of ether oxygens (including phenoxy) is 1. The molecule has 0 saturated heterocycles. The van der Waals surface area contributed by atoms with E-state index in [1.54, 1.807) is 19.9 Å². The monoisotopic (exact) mass is 1660 g/mol. The lowest BCUT2D eigenvalue weighted by Crippen LogP contribution is -2.54. The van der Waals surface area contributed by atoms with E-state index in [0.29, 0.717) is 62.3 Å². The summed E-state index contributed by atoms with van der Waals surface area (Å²) < 4.78 is 69.5. The van der Waals surface area contributed by atoms with E-state index in [-0.39, 0.29) is 88.8 Å².